The van der Waals surface area contributed by atoms with Gasteiger partial charge in [0.15, 0.2) is 5.75 Å². The summed E-state index contributed by atoms with van der Waals surface area (Å²) in [5.74, 6) is 0.138. The molecule has 112 valence electrons. The highest BCUT2D eigenvalue weighted by atomic mass is 35.5. The van der Waals surface area contributed by atoms with Gasteiger partial charge >= 0.3 is 0 Å². The van der Waals surface area contributed by atoms with Crippen molar-refractivity contribution in [1.82, 2.24) is 4.98 Å². The molecule has 0 saturated carbocycles. The summed E-state index contributed by atoms with van der Waals surface area (Å²) in [5, 5.41) is 5.60. The van der Waals surface area contributed by atoms with E-state index in [0.29, 0.717) is 33.7 Å². The number of para-hydroxylation sites is 1. The molecule has 0 aliphatic heterocycles. The van der Waals surface area contributed by atoms with Crippen molar-refractivity contribution in [3.8, 4) is 5.75 Å². The predicted octanol–water partition coefficient (Wildman–Crippen LogP) is 3.29. The monoisotopic (exact) mass is 325 g/mol. The summed E-state index contributed by atoms with van der Waals surface area (Å²) in [4.78, 5) is 16.3. The first-order valence-corrected chi connectivity index (χ1v) is 7.68. The highest BCUT2D eigenvalue weighted by Gasteiger charge is 2.15. The number of carbonyl (C=O) groups is 1. The van der Waals surface area contributed by atoms with E-state index >= 15 is 0 Å². The molecular weight excluding hydrogens is 310 g/mol. The van der Waals surface area contributed by atoms with E-state index in [1.165, 1.54) is 11.3 Å². The molecule has 5 nitrogen and oxygen atoms in total. The predicted molar refractivity (Wildman–Crippen MR) is 85.2 cm³/mol. The Balaban J connectivity index is 2.22. The van der Waals surface area contributed by atoms with Crippen molar-refractivity contribution in [2.24, 2.45) is 5.73 Å². The molecule has 1 aromatic carbocycles. The number of rotatable bonds is 5. The first-order chi connectivity index (χ1) is 10.0. The standard InChI is InChI=1S/C14H16ClN3O2S/c1-8(2)20-13-9(15)4-3-5-10(13)18-14(19)11-7-21-12(6-16)17-11/h3-5,7-8H,6,16H2,1-2H3,(H,18,19). The lowest BCUT2D eigenvalue weighted by molar-refractivity contribution is 0.102. The van der Waals surface area contributed by atoms with Gasteiger partial charge in [0.2, 0.25) is 0 Å². The van der Waals surface area contributed by atoms with Crippen LogP contribution in [0.5, 0.6) is 5.75 Å². The van der Waals surface area contributed by atoms with Gasteiger partial charge in [-0.3, -0.25) is 4.79 Å². The van der Waals surface area contributed by atoms with Crippen molar-refractivity contribution in [3.05, 3.63) is 39.3 Å². The van der Waals surface area contributed by atoms with Crippen LogP contribution in [0.3, 0.4) is 0 Å². The summed E-state index contributed by atoms with van der Waals surface area (Å²) in [6.45, 7) is 4.10. The van der Waals surface area contributed by atoms with Crippen LogP contribution >= 0.6 is 22.9 Å². The number of hydrogen-bond donors (Lipinski definition) is 2. The molecule has 0 unspecified atom stereocenters. The molecule has 21 heavy (non-hydrogen) atoms. The highest BCUT2D eigenvalue weighted by molar-refractivity contribution is 7.09. The van der Waals surface area contributed by atoms with Crippen LogP contribution in [0.2, 0.25) is 5.02 Å². The Morgan fingerprint density at radius 3 is 2.90 bits per heavy atom. The van der Waals surface area contributed by atoms with Crippen molar-refractivity contribution in [2.45, 2.75) is 26.5 Å². The van der Waals surface area contributed by atoms with E-state index in [2.05, 4.69) is 10.3 Å². The number of ether oxygens (including phenoxy) is 1. The van der Waals surface area contributed by atoms with E-state index in [-0.39, 0.29) is 12.0 Å². The molecule has 1 heterocycles. The smallest absolute Gasteiger partial charge is 0.275 e. The third-order valence-electron chi connectivity index (χ3n) is 2.53. The first kappa shape index (κ1) is 15.8. The normalized spacial score (nSPS) is 10.7. The van der Waals surface area contributed by atoms with Crippen LogP contribution in [0, 0.1) is 0 Å². The van der Waals surface area contributed by atoms with Gasteiger partial charge < -0.3 is 15.8 Å². The van der Waals surface area contributed by atoms with Crippen LogP contribution < -0.4 is 15.8 Å². The van der Waals surface area contributed by atoms with Crippen LogP contribution in [0.4, 0.5) is 5.69 Å². The minimum atomic E-state index is -0.318. The number of hydrogen-bond acceptors (Lipinski definition) is 5. The highest BCUT2D eigenvalue weighted by Crippen LogP contribution is 2.34. The molecule has 0 spiro atoms. The van der Waals surface area contributed by atoms with E-state index in [4.69, 9.17) is 22.1 Å². The number of amides is 1. The Bertz CT molecular complexity index is 643. The molecule has 0 fully saturated rings. The molecule has 2 rings (SSSR count). The molecule has 0 bridgehead atoms. The first-order valence-electron chi connectivity index (χ1n) is 6.42. The lowest BCUT2D eigenvalue weighted by atomic mass is 10.2. The Kier molecular flexibility index (Phi) is 5.17. The minimum absolute atomic E-state index is 0.0522. The molecule has 3 N–H and O–H groups in total. The van der Waals surface area contributed by atoms with Gasteiger partial charge in [-0.2, -0.15) is 0 Å². The van der Waals surface area contributed by atoms with Crippen LogP contribution in [0.15, 0.2) is 23.6 Å². The van der Waals surface area contributed by atoms with E-state index in [0.717, 1.165) is 0 Å². The Hall–Kier alpha value is -1.63. The topological polar surface area (TPSA) is 77.2 Å². The van der Waals surface area contributed by atoms with Crippen molar-refractivity contribution >= 4 is 34.5 Å². The summed E-state index contributed by atoms with van der Waals surface area (Å²) in [5.41, 5.74) is 6.34. The minimum Gasteiger partial charge on any atom is -0.487 e. The fourth-order valence-electron chi connectivity index (χ4n) is 1.66. The number of nitrogens with one attached hydrogen (secondary N) is 1. The van der Waals surface area contributed by atoms with E-state index in [9.17, 15) is 4.79 Å². The van der Waals surface area contributed by atoms with Crippen molar-refractivity contribution in [1.29, 1.82) is 0 Å². The second-order valence-electron chi connectivity index (χ2n) is 4.57. The molecular formula is C14H16ClN3O2S. The van der Waals surface area contributed by atoms with Crippen molar-refractivity contribution < 1.29 is 9.53 Å². The SMILES string of the molecule is CC(C)Oc1c(Cl)cccc1NC(=O)c1csc(CN)n1. The fraction of sp³-hybridized carbons (Fsp3) is 0.286. The molecule has 0 aliphatic rings. The van der Waals surface area contributed by atoms with E-state index < -0.39 is 0 Å². The molecule has 7 heteroatoms. The largest absolute Gasteiger partial charge is 0.487 e. The zero-order valence-corrected chi connectivity index (χ0v) is 13.3. The average molecular weight is 326 g/mol. The molecule has 0 saturated heterocycles. The van der Waals surface area contributed by atoms with Gasteiger partial charge in [-0.15, -0.1) is 11.3 Å². The van der Waals surface area contributed by atoms with Crippen LogP contribution in [-0.4, -0.2) is 17.0 Å². The van der Waals surface area contributed by atoms with Crippen molar-refractivity contribution in [2.75, 3.05) is 5.32 Å². The summed E-state index contributed by atoms with van der Waals surface area (Å²) in [7, 11) is 0. The molecule has 0 aliphatic carbocycles. The Morgan fingerprint density at radius 1 is 1.52 bits per heavy atom. The maximum Gasteiger partial charge on any atom is 0.275 e. The van der Waals surface area contributed by atoms with Crippen molar-refractivity contribution in [3.63, 3.8) is 0 Å². The third kappa shape index (κ3) is 3.93. The van der Waals surface area contributed by atoms with Gasteiger partial charge in [-0.25, -0.2) is 4.98 Å². The van der Waals surface area contributed by atoms with Gasteiger partial charge in [0.1, 0.15) is 10.7 Å². The number of anilines is 1. The fourth-order valence-corrected chi connectivity index (χ4v) is 2.53. The number of carbonyl (C=O) groups excluding carboxylic acids is 1. The average Bonchev–Trinajstić information content (AvgIpc) is 2.91. The summed E-state index contributed by atoms with van der Waals surface area (Å²) < 4.78 is 5.65. The third-order valence-corrected chi connectivity index (χ3v) is 3.70. The van der Waals surface area contributed by atoms with Gasteiger partial charge in [0.25, 0.3) is 5.91 Å². The summed E-state index contributed by atoms with van der Waals surface area (Å²) in [6.07, 6.45) is -0.0522. The molecule has 0 atom stereocenters. The van der Waals surface area contributed by atoms with Crippen LogP contribution in [-0.2, 0) is 6.54 Å². The van der Waals surface area contributed by atoms with Gasteiger partial charge in [0.05, 0.1) is 16.8 Å². The maximum absolute atomic E-state index is 12.2. The Morgan fingerprint density at radius 2 is 2.29 bits per heavy atom. The number of nitrogens with zero attached hydrogens (tertiary/aromatic N) is 1. The number of nitrogens with two attached hydrogens (primary N) is 1. The quantitative estimate of drug-likeness (QED) is 0.884. The van der Waals surface area contributed by atoms with E-state index in [1.54, 1.807) is 23.6 Å². The molecule has 2 aromatic rings. The summed E-state index contributed by atoms with van der Waals surface area (Å²) >= 11 is 7.48. The van der Waals surface area contributed by atoms with Crippen LogP contribution in [0.25, 0.3) is 0 Å². The molecule has 1 amide bonds. The Labute approximate surface area is 132 Å². The zero-order valence-electron chi connectivity index (χ0n) is 11.7. The number of thiazole rings is 1. The van der Waals surface area contributed by atoms with E-state index in [1.807, 2.05) is 13.8 Å². The van der Waals surface area contributed by atoms with Gasteiger partial charge in [-0.1, -0.05) is 17.7 Å². The molecule has 0 radical (unpaired) electrons. The van der Waals surface area contributed by atoms with Gasteiger partial charge in [-0.05, 0) is 26.0 Å². The zero-order chi connectivity index (χ0) is 15.4. The maximum atomic E-state index is 12.2. The lowest BCUT2D eigenvalue weighted by Gasteiger charge is -2.15. The number of benzene rings is 1. The van der Waals surface area contributed by atoms with Gasteiger partial charge in [0, 0.05) is 11.9 Å². The number of halogens is 1. The second kappa shape index (κ2) is 6.89. The lowest BCUT2D eigenvalue weighted by Crippen LogP contribution is -2.15. The molecule has 1 aromatic heterocycles. The summed E-state index contributed by atoms with van der Waals surface area (Å²) in [6, 6.07) is 5.19. The number of aromatic nitrogens is 1. The second-order valence-corrected chi connectivity index (χ2v) is 5.92. The van der Waals surface area contributed by atoms with Crippen LogP contribution in [0.1, 0.15) is 29.3 Å².